The summed E-state index contributed by atoms with van der Waals surface area (Å²) in [6.07, 6.45) is 1.71. The molecule has 0 radical (unpaired) electrons. The number of esters is 1. The van der Waals surface area contributed by atoms with Crippen molar-refractivity contribution in [3.05, 3.63) is 34.9 Å². The number of methoxy groups -OCH3 is 1. The van der Waals surface area contributed by atoms with Gasteiger partial charge in [0, 0.05) is 5.56 Å². The number of carbonyl (C=O) groups excluding carboxylic acids is 1. The fourth-order valence-corrected chi connectivity index (χ4v) is 1.49. The van der Waals surface area contributed by atoms with E-state index in [4.69, 9.17) is 10.00 Å². The van der Waals surface area contributed by atoms with E-state index in [1.54, 1.807) is 24.3 Å². The Hall–Kier alpha value is -2.28. The Kier molecular flexibility index (Phi) is 2.61. The molecule has 0 aromatic heterocycles. The van der Waals surface area contributed by atoms with Crippen LogP contribution in [0.3, 0.4) is 0 Å². The summed E-state index contributed by atoms with van der Waals surface area (Å²) in [6, 6.07) is 7.01. The van der Waals surface area contributed by atoms with E-state index in [1.807, 2.05) is 6.07 Å². The SMILES string of the molecule is COC(=O)c1ccc2c(c1)C=C(C#N)CO2. The Balaban J connectivity index is 2.44. The molecule has 0 unspecified atom stereocenters. The summed E-state index contributed by atoms with van der Waals surface area (Å²) >= 11 is 0. The highest BCUT2D eigenvalue weighted by Gasteiger charge is 2.14. The lowest BCUT2D eigenvalue weighted by molar-refractivity contribution is 0.0600. The van der Waals surface area contributed by atoms with E-state index in [0.717, 1.165) is 5.56 Å². The quantitative estimate of drug-likeness (QED) is 0.670. The first-order valence-corrected chi connectivity index (χ1v) is 4.70. The van der Waals surface area contributed by atoms with Crippen molar-refractivity contribution in [2.45, 2.75) is 0 Å². The minimum Gasteiger partial charge on any atom is -0.488 e. The zero-order chi connectivity index (χ0) is 11.5. The average Bonchev–Trinajstić information content (AvgIpc) is 2.36. The first kappa shape index (κ1) is 10.2. The topological polar surface area (TPSA) is 59.3 Å². The van der Waals surface area contributed by atoms with Crippen LogP contribution in [0.4, 0.5) is 0 Å². The second-order valence-corrected chi connectivity index (χ2v) is 3.31. The minimum atomic E-state index is -0.403. The standard InChI is InChI=1S/C12H9NO3/c1-15-12(14)9-2-3-11-10(5-9)4-8(6-13)7-16-11/h2-5H,7H2,1H3. The van der Waals surface area contributed by atoms with Gasteiger partial charge in [-0.05, 0) is 24.3 Å². The highest BCUT2D eigenvalue weighted by Crippen LogP contribution is 2.27. The molecule has 0 amide bonds. The van der Waals surface area contributed by atoms with Crippen LogP contribution in [0.25, 0.3) is 6.08 Å². The van der Waals surface area contributed by atoms with Crippen LogP contribution in [0.5, 0.6) is 5.75 Å². The van der Waals surface area contributed by atoms with Gasteiger partial charge in [-0.1, -0.05) is 0 Å². The molecule has 1 aliphatic heterocycles. The normalized spacial score (nSPS) is 12.9. The summed E-state index contributed by atoms with van der Waals surface area (Å²) in [7, 11) is 1.33. The van der Waals surface area contributed by atoms with Crippen LogP contribution >= 0.6 is 0 Å². The molecule has 2 rings (SSSR count). The van der Waals surface area contributed by atoms with Gasteiger partial charge in [0.25, 0.3) is 0 Å². The Morgan fingerprint density at radius 3 is 3.06 bits per heavy atom. The summed E-state index contributed by atoms with van der Waals surface area (Å²) in [5.41, 5.74) is 1.71. The Morgan fingerprint density at radius 1 is 1.56 bits per heavy atom. The summed E-state index contributed by atoms with van der Waals surface area (Å²) in [6.45, 7) is 0.279. The first-order chi connectivity index (χ1) is 7.74. The number of nitrogens with zero attached hydrogens (tertiary/aromatic N) is 1. The number of carbonyl (C=O) groups is 1. The van der Waals surface area contributed by atoms with Gasteiger partial charge in [0.1, 0.15) is 12.4 Å². The number of fused-ring (bicyclic) bond motifs is 1. The van der Waals surface area contributed by atoms with Crippen molar-refractivity contribution in [3.63, 3.8) is 0 Å². The molecule has 0 saturated heterocycles. The lowest BCUT2D eigenvalue weighted by atomic mass is 10.1. The van der Waals surface area contributed by atoms with Crippen LogP contribution in [0.15, 0.2) is 23.8 Å². The summed E-state index contributed by atoms with van der Waals surface area (Å²) < 4.78 is 9.97. The summed E-state index contributed by atoms with van der Waals surface area (Å²) in [4.78, 5) is 11.3. The van der Waals surface area contributed by atoms with Gasteiger partial charge in [-0.3, -0.25) is 0 Å². The van der Waals surface area contributed by atoms with E-state index < -0.39 is 5.97 Å². The van der Waals surface area contributed by atoms with Crippen molar-refractivity contribution in [2.75, 3.05) is 13.7 Å². The average molecular weight is 215 g/mol. The molecule has 0 saturated carbocycles. The van der Waals surface area contributed by atoms with Gasteiger partial charge in [0.05, 0.1) is 24.3 Å². The third-order valence-corrected chi connectivity index (χ3v) is 2.29. The van der Waals surface area contributed by atoms with Crippen molar-refractivity contribution < 1.29 is 14.3 Å². The third kappa shape index (κ3) is 1.75. The summed E-state index contributed by atoms with van der Waals surface area (Å²) in [5.74, 6) is 0.270. The van der Waals surface area contributed by atoms with Gasteiger partial charge >= 0.3 is 5.97 Å². The Bertz CT molecular complexity index is 511. The molecule has 0 spiro atoms. The van der Waals surface area contributed by atoms with Crippen LogP contribution in [0.1, 0.15) is 15.9 Å². The van der Waals surface area contributed by atoms with Gasteiger partial charge in [0.2, 0.25) is 0 Å². The molecule has 1 aliphatic rings. The molecule has 1 aromatic carbocycles. The van der Waals surface area contributed by atoms with Crippen LogP contribution in [-0.4, -0.2) is 19.7 Å². The van der Waals surface area contributed by atoms with E-state index in [9.17, 15) is 4.79 Å². The number of benzene rings is 1. The number of nitriles is 1. The van der Waals surface area contributed by atoms with Crippen molar-refractivity contribution >= 4 is 12.0 Å². The highest BCUT2D eigenvalue weighted by atomic mass is 16.5. The smallest absolute Gasteiger partial charge is 0.337 e. The van der Waals surface area contributed by atoms with Gasteiger partial charge in [-0.2, -0.15) is 5.26 Å². The van der Waals surface area contributed by atoms with Crippen LogP contribution in [0.2, 0.25) is 0 Å². The van der Waals surface area contributed by atoms with Crippen molar-refractivity contribution in [1.29, 1.82) is 5.26 Å². The van der Waals surface area contributed by atoms with Crippen LogP contribution in [0, 0.1) is 11.3 Å². The molecule has 0 aliphatic carbocycles. The van der Waals surface area contributed by atoms with E-state index in [1.165, 1.54) is 7.11 Å². The van der Waals surface area contributed by atoms with Crippen molar-refractivity contribution in [3.8, 4) is 11.8 Å². The van der Waals surface area contributed by atoms with Crippen molar-refractivity contribution in [2.24, 2.45) is 0 Å². The van der Waals surface area contributed by atoms with E-state index >= 15 is 0 Å². The highest BCUT2D eigenvalue weighted by molar-refractivity contribution is 5.90. The van der Waals surface area contributed by atoms with Gasteiger partial charge < -0.3 is 9.47 Å². The molecular weight excluding hydrogens is 206 g/mol. The van der Waals surface area contributed by atoms with Gasteiger partial charge in [-0.25, -0.2) is 4.79 Å². The Morgan fingerprint density at radius 2 is 2.38 bits per heavy atom. The molecular formula is C12H9NO3. The molecule has 80 valence electrons. The molecule has 4 heteroatoms. The monoisotopic (exact) mass is 215 g/mol. The van der Waals surface area contributed by atoms with E-state index in [-0.39, 0.29) is 6.61 Å². The largest absolute Gasteiger partial charge is 0.488 e. The molecule has 0 fully saturated rings. The first-order valence-electron chi connectivity index (χ1n) is 4.70. The van der Waals surface area contributed by atoms with Crippen LogP contribution in [-0.2, 0) is 4.74 Å². The number of hydrogen-bond acceptors (Lipinski definition) is 4. The molecule has 16 heavy (non-hydrogen) atoms. The molecule has 1 heterocycles. The zero-order valence-electron chi connectivity index (χ0n) is 8.69. The molecule has 0 atom stereocenters. The third-order valence-electron chi connectivity index (χ3n) is 2.29. The fourth-order valence-electron chi connectivity index (χ4n) is 1.49. The maximum absolute atomic E-state index is 11.3. The van der Waals surface area contributed by atoms with Gasteiger partial charge in [-0.15, -0.1) is 0 Å². The predicted molar refractivity (Wildman–Crippen MR) is 56.9 cm³/mol. The van der Waals surface area contributed by atoms with Crippen LogP contribution < -0.4 is 4.74 Å². The predicted octanol–water partition coefficient (Wildman–Crippen LogP) is 1.77. The molecule has 1 aromatic rings. The Labute approximate surface area is 92.7 Å². The number of hydrogen-bond donors (Lipinski definition) is 0. The van der Waals surface area contributed by atoms with E-state index in [0.29, 0.717) is 16.9 Å². The van der Waals surface area contributed by atoms with E-state index in [2.05, 4.69) is 4.74 Å². The maximum atomic E-state index is 11.3. The molecule has 4 nitrogen and oxygen atoms in total. The lowest BCUT2D eigenvalue weighted by Crippen LogP contribution is -2.08. The van der Waals surface area contributed by atoms with Gasteiger partial charge in [0.15, 0.2) is 0 Å². The lowest BCUT2D eigenvalue weighted by Gasteiger charge is -2.14. The molecule has 0 bridgehead atoms. The van der Waals surface area contributed by atoms with Crippen molar-refractivity contribution in [1.82, 2.24) is 0 Å². The minimum absolute atomic E-state index is 0.279. The molecule has 0 N–H and O–H groups in total. The summed E-state index contributed by atoms with van der Waals surface area (Å²) in [5, 5.41) is 8.75. The second-order valence-electron chi connectivity index (χ2n) is 3.31. The number of rotatable bonds is 1. The number of ether oxygens (including phenoxy) is 2. The zero-order valence-corrected chi connectivity index (χ0v) is 8.69. The fraction of sp³-hybridized carbons (Fsp3) is 0.167. The maximum Gasteiger partial charge on any atom is 0.337 e. The second kappa shape index (κ2) is 4.07.